The Hall–Kier alpha value is -2.34. The summed E-state index contributed by atoms with van der Waals surface area (Å²) in [6.45, 7) is 0. The van der Waals surface area contributed by atoms with Crippen molar-refractivity contribution in [3.05, 3.63) is 53.8 Å². The number of rotatable bonds is 3. The Morgan fingerprint density at radius 1 is 1.15 bits per heavy atom. The molecule has 3 rings (SSSR count). The van der Waals surface area contributed by atoms with Gasteiger partial charge in [-0.3, -0.25) is 0 Å². The summed E-state index contributed by atoms with van der Waals surface area (Å²) in [6, 6.07) is 14.8. The average Bonchev–Trinajstić information content (AvgIpc) is 3.28. The Kier molecular flexibility index (Phi) is 2.94. The SMILES string of the molecule is COc1ccc(-c2ccc(C3(C#N)CC3)cc2)c(F)c1. The average molecular weight is 267 g/mol. The fourth-order valence-corrected chi connectivity index (χ4v) is 2.42. The molecule has 1 aliphatic rings. The first-order chi connectivity index (χ1) is 9.68. The summed E-state index contributed by atoms with van der Waals surface area (Å²) < 4.78 is 19.0. The van der Waals surface area contributed by atoms with Crippen molar-refractivity contribution in [2.75, 3.05) is 7.11 Å². The first-order valence-corrected chi connectivity index (χ1v) is 6.54. The van der Waals surface area contributed by atoms with Crippen molar-refractivity contribution in [1.29, 1.82) is 5.26 Å². The molecule has 0 radical (unpaired) electrons. The molecule has 0 spiro atoms. The van der Waals surface area contributed by atoms with E-state index < -0.39 is 0 Å². The highest BCUT2D eigenvalue weighted by atomic mass is 19.1. The van der Waals surface area contributed by atoms with Gasteiger partial charge in [-0.15, -0.1) is 0 Å². The molecule has 1 fully saturated rings. The molecule has 2 nitrogen and oxygen atoms in total. The lowest BCUT2D eigenvalue weighted by atomic mass is 9.95. The second-order valence-electron chi connectivity index (χ2n) is 5.12. The van der Waals surface area contributed by atoms with E-state index in [0.717, 1.165) is 24.0 Å². The Morgan fingerprint density at radius 3 is 2.35 bits per heavy atom. The number of methoxy groups -OCH3 is 1. The molecule has 20 heavy (non-hydrogen) atoms. The van der Waals surface area contributed by atoms with Crippen LogP contribution in [0, 0.1) is 17.1 Å². The van der Waals surface area contributed by atoms with Crippen LogP contribution in [0.4, 0.5) is 4.39 Å². The van der Waals surface area contributed by atoms with E-state index in [0.29, 0.717) is 11.3 Å². The van der Waals surface area contributed by atoms with Crippen molar-refractivity contribution in [1.82, 2.24) is 0 Å². The molecule has 100 valence electrons. The van der Waals surface area contributed by atoms with E-state index in [2.05, 4.69) is 6.07 Å². The molecule has 0 bridgehead atoms. The first-order valence-electron chi connectivity index (χ1n) is 6.54. The summed E-state index contributed by atoms with van der Waals surface area (Å²) >= 11 is 0. The van der Waals surface area contributed by atoms with Crippen LogP contribution in [0.25, 0.3) is 11.1 Å². The highest BCUT2D eigenvalue weighted by Gasteiger charge is 2.44. The van der Waals surface area contributed by atoms with Gasteiger partial charge in [-0.05, 0) is 36.1 Å². The van der Waals surface area contributed by atoms with Crippen LogP contribution in [0.3, 0.4) is 0 Å². The third-order valence-electron chi connectivity index (χ3n) is 3.89. The van der Waals surface area contributed by atoms with Crippen molar-refractivity contribution in [2.24, 2.45) is 0 Å². The van der Waals surface area contributed by atoms with Crippen molar-refractivity contribution in [3.63, 3.8) is 0 Å². The van der Waals surface area contributed by atoms with E-state index in [-0.39, 0.29) is 11.2 Å². The molecule has 1 saturated carbocycles. The molecular weight excluding hydrogens is 253 g/mol. The Labute approximate surface area is 117 Å². The normalized spacial score (nSPS) is 15.4. The van der Waals surface area contributed by atoms with Gasteiger partial charge in [0.15, 0.2) is 0 Å². The van der Waals surface area contributed by atoms with Crippen LogP contribution in [-0.4, -0.2) is 7.11 Å². The molecule has 0 heterocycles. The van der Waals surface area contributed by atoms with Crippen LogP contribution in [0.2, 0.25) is 0 Å². The maximum Gasteiger partial charge on any atom is 0.134 e. The summed E-state index contributed by atoms with van der Waals surface area (Å²) in [6.07, 6.45) is 1.83. The largest absolute Gasteiger partial charge is 0.497 e. The monoisotopic (exact) mass is 267 g/mol. The van der Waals surface area contributed by atoms with Crippen LogP contribution in [0.1, 0.15) is 18.4 Å². The molecule has 0 unspecified atom stereocenters. The lowest BCUT2D eigenvalue weighted by molar-refractivity contribution is 0.411. The van der Waals surface area contributed by atoms with Gasteiger partial charge in [-0.2, -0.15) is 5.26 Å². The standard InChI is InChI=1S/C17H14FNO/c1-20-14-6-7-15(16(18)10-14)12-2-4-13(5-3-12)17(11-19)8-9-17/h2-7,10H,8-9H2,1H3. The van der Waals surface area contributed by atoms with Crippen LogP contribution in [0.5, 0.6) is 5.75 Å². The fourth-order valence-electron chi connectivity index (χ4n) is 2.42. The van der Waals surface area contributed by atoms with Crippen molar-refractivity contribution < 1.29 is 9.13 Å². The Bertz CT molecular complexity index is 681. The van der Waals surface area contributed by atoms with Gasteiger partial charge in [0.1, 0.15) is 11.6 Å². The highest BCUT2D eigenvalue weighted by molar-refractivity contribution is 5.66. The van der Waals surface area contributed by atoms with Gasteiger partial charge in [-0.1, -0.05) is 24.3 Å². The van der Waals surface area contributed by atoms with Crippen LogP contribution < -0.4 is 4.74 Å². The van der Waals surface area contributed by atoms with Gasteiger partial charge in [0, 0.05) is 11.6 Å². The number of nitrogens with zero attached hydrogens (tertiary/aromatic N) is 1. The molecule has 0 saturated heterocycles. The molecule has 2 aromatic rings. The number of halogens is 1. The summed E-state index contributed by atoms with van der Waals surface area (Å²) in [5.41, 5.74) is 2.08. The van der Waals surface area contributed by atoms with Crippen LogP contribution in [0.15, 0.2) is 42.5 Å². The quantitative estimate of drug-likeness (QED) is 0.840. The summed E-state index contributed by atoms with van der Waals surface area (Å²) in [4.78, 5) is 0. The van der Waals surface area contributed by atoms with E-state index in [9.17, 15) is 9.65 Å². The number of nitriles is 1. The first kappa shape index (κ1) is 12.7. The van der Waals surface area contributed by atoms with Crippen molar-refractivity contribution >= 4 is 0 Å². The molecule has 0 N–H and O–H groups in total. The predicted molar refractivity (Wildman–Crippen MR) is 74.9 cm³/mol. The van der Waals surface area contributed by atoms with Gasteiger partial charge in [0.25, 0.3) is 0 Å². The molecular formula is C17H14FNO. The third kappa shape index (κ3) is 2.04. The van der Waals surface area contributed by atoms with E-state index >= 15 is 0 Å². The number of benzene rings is 2. The Balaban J connectivity index is 1.94. The highest BCUT2D eigenvalue weighted by Crippen LogP contribution is 2.47. The molecule has 1 aliphatic carbocycles. The summed E-state index contributed by atoms with van der Waals surface area (Å²) in [5, 5.41) is 9.17. The zero-order valence-corrected chi connectivity index (χ0v) is 11.2. The van der Waals surface area contributed by atoms with E-state index in [4.69, 9.17) is 4.74 Å². The van der Waals surface area contributed by atoms with E-state index in [1.165, 1.54) is 13.2 Å². The predicted octanol–water partition coefficient (Wildman–Crippen LogP) is 4.06. The lowest BCUT2D eigenvalue weighted by Gasteiger charge is -2.09. The van der Waals surface area contributed by atoms with E-state index in [1.807, 2.05) is 24.3 Å². The van der Waals surface area contributed by atoms with Gasteiger partial charge in [0.05, 0.1) is 18.6 Å². The number of hydrogen-bond donors (Lipinski definition) is 0. The van der Waals surface area contributed by atoms with Gasteiger partial charge in [0.2, 0.25) is 0 Å². The zero-order chi connectivity index (χ0) is 14.2. The van der Waals surface area contributed by atoms with Gasteiger partial charge < -0.3 is 4.74 Å². The fraction of sp³-hybridized carbons (Fsp3) is 0.235. The minimum absolute atomic E-state index is 0.295. The Morgan fingerprint density at radius 2 is 1.85 bits per heavy atom. The molecule has 0 amide bonds. The van der Waals surface area contributed by atoms with Crippen molar-refractivity contribution in [3.8, 4) is 22.9 Å². The van der Waals surface area contributed by atoms with Gasteiger partial charge >= 0.3 is 0 Å². The molecule has 0 aromatic heterocycles. The minimum Gasteiger partial charge on any atom is -0.497 e. The van der Waals surface area contributed by atoms with E-state index in [1.54, 1.807) is 12.1 Å². The second-order valence-corrected chi connectivity index (χ2v) is 5.12. The maximum absolute atomic E-state index is 14.0. The zero-order valence-electron chi connectivity index (χ0n) is 11.2. The van der Waals surface area contributed by atoms with Crippen LogP contribution in [-0.2, 0) is 5.41 Å². The number of hydrogen-bond acceptors (Lipinski definition) is 2. The maximum atomic E-state index is 14.0. The van der Waals surface area contributed by atoms with Gasteiger partial charge in [-0.25, -0.2) is 4.39 Å². The minimum atomic E-state index is -0.307. The lowest BCUT2D eigenvalue weighted by Crippen LogP contribution is -2.01. The molecule has 2 aromatic carbocycles. The summed E-state index contributed by atoms with van der Waals surface area (Å²) in [7, 11) is 1.51. The molecule has 0 aliphatic heterocycles. The smallest absolute Gasteiger partial charge is 0.134 e. The number of ether oxygens (including phenoxy) is 1. The second kappa shape index (κ2) is 4.64. The topological polar surface area (TPSA) is 33.0 Å². The molecule has 0 atom stereocenters. The summed E-state index contributed by atoms with van der Waals surface area (Å²) in [5.74, 6) is 0.197. The molecule has 3 heteroatoms. The van der Waals surface area contributed by atoms with Crippen LogP contribution >= 0.6 is 0 Å². The third-order valence-corrected chi connectivity index (χ3v) is 3.89. The van der Waals surface area contributed by atoms with Crippen molar-refractivity contribution in [2.45, 2.75) is 18.3 Å².